The van der Waals surface area contributed by atoms with Crippen molar-refractivity contribution >= 4 is 6.21 Å². The van der Waals surface area contributed by atoms with E-state index in [1.54, 1.807) is 12.3 Å². The highest BCUT2D eigenvalue weighted by Gasteiger charge is 1.88. The second-order valence-corrected chi connectivity index (χ2v) is 3.72. The number of hydrogen-bond acceptors (Lipinski definition) is 1. The van der Waals surface area contributed by atoms with Gasteiger partial charge in [0, 0.05) is 18.5 Å². The minimum Gasteiger partial charge on any atom is -0.268 e. The number of terminal acetylenes is 1. The van der Waals surface area contributed by atoms with Gasteiger partial charge in [-0.3, -0.25) is 4.99 Å². The maximum atomic E-state index is 5.04. The van der Waals surface area contributed by atoms with Crippen LogP contribution >= 0.6 is 0 Å². The molecule has 1 heteroatoms. The second-order valence-electron chi connectivity index (χ2n) is 3.72. The molecule has 0 unspecified atom stereocenters. The summed E-state index contributed by atoms with van der Waals surface area (Å²) in [4.78, 5) is 4.06. The minimum atomic E-state index is 1.07. The van der Waals surface area contributed by atoms with Crippen molar-refractivity contribution in [3.05, 3.63) is 12.3 Å². The van der Waals surface area contributed by atoms with Crippen molar-refractivity contribution in [2.24, 2.45) is 4.99 Å². The van der Waals surface area contributed by atoms with Crippen LogP contribution in [0.5, 0.6) is 0 Å². The average Bonchev–Trinajstić information content (AvgIpc) is 2.26. The van der Waals surface area contributed by atoms with Crippen LogP contribution in [0.2, 0.25) is 0 Å². The van der Waals surface area contributed by atoms with Crippen molar-refractivity contribution in [1.29, 1.82) is 0 Å². The molecule has 0 heterocycles. The van der Waals surface area contributed by atoms with Gasteiger partial charge in [-0.15, -0.1) is 6.42 Å². The molecule has 0 saturated carbocycles. The Morgan fingerprint density at radius 3 is 2.40 bits per heavy atom. The molecule has 0 amide bonds. The van der Waals surface area contributed by atoms with E-state index in [0.29, 0.717) is 0 Å². The van der Waals surface area contributed by atoms with E-state index in [1.165, 1.54) is 44.9 Å². The van der Waals surface area contributed by atoms with Gasteiger partial charge in [0.15, 0.2) is 0 Å². The largest absolute Gasteiger partial charge is 0.268 e. The van der Waals surface area contributed by atoms with Crippen molar-refractivity contribution < 1.29 is 0 Å². The van der Waals surface area contributed by atoms with Gasteiger partial charge in [0.25, 0.3) is 0 Å². The molecule has 84 valence electrons. The predicted octanol–water partition coefficient (Wildman–Crippen LogP) is 4.34. The first kappa shape index (κ1) is 14.0. The summed E-state index contributed by atoms with van der Waals surface area (Å²) in [5.74, 6) is 2.40. The Hall–Kier alpha value is -1.03. The zero-order valence-electron chi connectivity index (χ0n) is 9.91. The van der Waals surface area contributed by atoms with Crippen molar-refractivity contribution in [2.45, 2.75) is 58.3 Å². The molecule has 0 aromatic heterocycles. The first-order valence-corrected chi connectivity index (χ1v) is 6.04. The smallest absolute Gasteiger partial charge is 0.0347 e. The van der Waals surface area contributed by atoms with E-state index >= 15 is 0 Å². The lowest BCUT2D eigenvalue weighted by atomic mass is 10.1. The van der Waals surface area contributed by atoms with Crippen LogP contribution in [0.15, 0.2) is 17.3 Å². The minimum absolute atomic E-state index is 1.07. The molecule has 0 radical (unpaired) electrons. The third kappa shape index (κ3) is 13.0. The number of hydrogen-bond donors (Lipinski definition) is 0. The van der Waals surface area contributed by atoms with Crippen LogP contribution in [-0.4, -0.2) is 6.21 Å². The van der Waals surface area contributed by atoms with Crippen molar-refractivity contribution in [3.8, 4) is 12.3 Å². The first-order chi connectivity index (χ1) is 7.41. The molecule has 0 N–H and O–H groups in total. The third-order valence-electron chi connectivity index (χ3n) is 2.30. The molecular formula is C14H23N. The maximum Gasteiger partial charge on any atom is 0.0347 e. The van der Waals surface area contributed by atoms with E-state index in [9.17, 15) is 0 Å². The summed E-state index contributed by atoms with van der Waals surface area (Å²) in [5.41, 5.74) is 0. The van der Waals surface area contributed by atoms with Gasteiger partial charge in [0.2, 0.25) is 0 Å². The Bertz CT molecular complexity index is 208. The molecular weight excluding hydrogens is 182 g/mol. The van der Waals surface area contributed by atoms with Gasteiger partial charge in [0.1, 0.15) is 0 Å². The van der Waals surface area contributed by atoms with E-state index in [0.717, 1.165) is 6.42 Å². The normalized spacial score (nSPS) is 11.2. The number of rotatable bonds is 9. The number of allylic oxidation sites excluding steroid dienone is 1. The standard InChI is InChI=1S/C14H23N/c1-3-5-7-8-9-10-11-12-14-15-13-6-4-2/h2,6,13-14H,3,5,7-12H2,1H3/b13-6-,15-14-. The number of nitrogens with zero attached hydrogens (tertiary/aromatic N) is 1. The lowest BCUT2D eigenvalue weighted by Gasteiger charge is -1.98. The Labute approximate surface area is 94.7 Å². The SMILES string of the molecule is C#C/C=C\N=C/CCCCCCCCC. The van der Waals surface area contributed by atoms with Crippen molar-refractivity contribution in [2.75, 3.05) is 0 Å². The van der Waals surface area contributed by atoms with Crippen LogP contribution in [0.25, 0.3) is 0 Å². The summed E-state index contributed by atoms with van der Waals surface area (Å²) in [5, 5.41) is 0. The van der Waals surface area contributed by atoms with Gasteiger partial charge < -0.3 is 0 Å². The van der Waals surface area contributed by atoms with Gasteiger partial charge in [-0.05, 0) is 12.8 Å². The van der Waals surface area contributed by atoms with E-state index in [4.69, 9.17) is 6.42 Å². The fourth-order valence-corrected chi connectivity index (χ4v) is 1.41. The summed E-state index contributed by atoms with van der Waals surface area (Å²) in [6.45, 7) is 2.25. The summed E-state index contributed by atoms with van der Waals surface area (Å²) < 4.78 is 0. The molecule has 0 aromatic rings. The molecule has 0 atom stereocenters. The zero-order valence-corrected chi connectivity index (χ0v) is 9.91. The van der Waals surface area contributed by atoms with Gasteiger partial charge in [-0.25, -0.2) is 0 Å². The maximum absolute atomic E-state index is 5.04. The summed E-state index contributed by atoms with van der Waals surface area (Å²) in [6, 6.07) is 0. The first-order valence-electron chi connectivity index (χ1n) is 6.04. The van der Waals surface area contributed by atoms with E-state index in [1.807, 2.05) is 6.21 Å². The van der Waals surface area contributed by atoms with Gasteiger partial charge in [0.05, 0.1) is 0 Å². The third-order valence-corrected chi connectivity index (χ3v) is 2.30. The Kier molecular flexibility index (Phi) is 12.1. The molecule has 0 fully saturated rings. The molecule has 0 aliphatic rings. The summed E-state index contributed by atoms with van der Waals surface area (Å²) in [6.07, 6.45) is 20.8. The molecule has 0 aromatic carbocycles. The van der Waals surface area contributed by atoms with Crippen LogP contribution in [-0.2, 0) is 0 Å². The summed E-state index contributed by atoms with van der Waals surface area (Å²) >= 11 is 0. The monoisotopic (exact) mass is 205 g/mol. The fraction of sp³-hybridized carbons (Fsp3) is 0.643. The molecule has 1 nitrogen and oxygen atoms in total. The lowest BCUT2D eigenvalue weighted by molar-refractivity contribution is 0.596. The molecule has 0 spiro atoms. The Balaban J connectivity index is 3.08. The highest BCUT2D eigenvalue weighted by atomic mass is 14.7. The van der Waals surface area contributed by atoms with Crippen LogP contribution in [0.4, 0.5) is 0 Å². The molecule has 0 saturated heterocycles. The van der Waals surface area contributed by atoms with Crippen LogP contribution < -0.4 is 0 Å². The predicted molar refractivity (Wildman–Crippen MR) is 69.1 cm³/mol. The van der Waals surface area contributed by atoms with Crippen LogP contribution in [0, 0.1) is 12.3 Å². The quantitative estimate of drug-likeness (QED) is 0.301. The zero-order chi connectivity index (χ0) is 11.2. The van der Waals surface area contributed by atoms with Gasteiger partial charge in [-0.2, -0.15) is 0 Å². The number of unbranched alkanes of at least 4 members (excludes halogenated alkanes) is 7. The summed E-state index contributed by atoms with van der Waals surface area (Å²) in [7, 11) is 0. The molecule has 15 heavy (non-hydrogen) atoms. The molecule has 0 aliphatic heterocycles. The van der Waals surface area contributed by atoms with E-state index < -0.39 is 0 Å². The average molecular weight is 205 g/mol. The van der Waals surface area contributed by atoms with Gasteiger partial charge >= 0.3 is 0 Å². The molecule has 0 bridgehead atoms. The van der Waals surface area contributed by atoms with E-state index in [2.05, 4.69) is 17.8 Å². The van der Waals surface area contributed by atoms with Gasteiger partial charge in [-0.1, -0.05) is 51.4 Å². The Morgan fingerprint density at radius 2 is 1.73 bits per heavy atom. The van der Waals surface area contributed by atoms with E-state index in [-0.39, 0.29) is 0 Å². The second kappa shape index (κ2) is 13.0. The highest BCUT2D eigenvalue weighted by molar-refractivity contribution is 5.57. The van der Waals surface area contributed by atoms with Crippen LogP contribution in [0.1, 0.15) is 58.3 Å². The Morgan fingerprint density at radius 1 is 1.07 bits per heavy atom. The number of aliphatic imine (C=N–C) groups is 1. The molecule has 0 rings (SSSR count). The van der Waals surface area contributed by atoms with Crippen LogP contribution in [0.3, 0.4) is 0 Å². The van der Waals surface area contributed by atoms with Crippen molar-refractivity contribution in [3.63, 3.8) is 0 Å². The lowest BCUT2D eigenvalue weighted by Crippen LogP contribution is -1.80. The highest BCUT2D eigenvalue weighted by Crippen LogP contribution is 2.07. The fourth-order valence-electron chi connectivity index (χ4n) is 1.41. The topological polar surface area (TPSA) is 12.4 Å². The molecule has 0 aliphatic carbocycles. The van der Waals surface area contributed by atoms with Crippen molar-refractivity contribution in [1.82, 2.24) is 0 Å².